The number of aliphatic hydroxyl groups is 3. The van der Waals surface area contributed by atoms with Crippen LogP contribution in [-0.2, 0) is 9.53 Å². The molecule has 0 saturated heterocycles. The number of fused-ring (bicyclic) bond motifs is 5. The Hall–Kier alpha value is -3.57. The molecule has 1 aliphatic heterocycles. The van der Waals surface area contributed by atoms with Gasteiger partial charge in [0.2, 0.25) is 0 Å². The van der Waals surface area contributed by atoms with E-state index < -0.39 is 40.0 Å². The van der Waals surface area contributed by atoms with Crippen molar-refractivity contribution in [2.24, 2.45) is 33.7 Å². The Morgan fingerprint density at radius 2 is 1.67 bits per heavy atom. The number of halogens is 1. The molecule has 10 nitrogen and oxygen atoms in total. The van der Waals surface area contributed by atoms with Crippen molar-refractivity contribution in [3.8, 4) is 0 Å². The number of anilines is 1. The molecular formula is C37H42ClN3O7. The quantitative estimate of drug-likeness (QED) is 0.163. The van der Waals surface area contributed by atoms with Crippen molar-refractivity contribution >= 4 is 41.3 Å². The lowest BCUT2D eigenvalue weighted by atomic mass is 9.41. The van der Waals surface area contributed by atoms with E-state index in [1.54, 1.807) is 60.8 Å². The fourth-order valence-corrected chi connectivity index (χ4v) is 10.5. The molecule has 4 fully saturated rings. The van der Waals surface area contributed by atoms with Crippen molar-refractivity contribution in [2.75, 3.05) is 11.9 Å². The van der Waals surface area contributed by atoms with E-state index in [2.05, 4.69) is 22.8 Å². The first-order chi connectivity index (χ1) is 22.9. The lowest BCUT2D eigenvalue weighted by Gasteiger charge is -2.65. The predicted octanol–water partition coefficient (Wildman–Crippen LogP) is 5.02. The standard InChI is InChI=1S/C37H42ClN3O7/c1-34-14-11-27-28(37(34,47)17-13-26(34)22-18-31(43)48-20-22)12-16-36(46)19-23(42)10-15-35(27,36)21-39-41-33(45)25-7-3-5-9-30(25)40-32(44)24-6-2-4-8-29(24)38/h2-9,18,21,23,26-28,42,46-47H,10-17,19-20H2,1H3,(H,40,44)(H,41,45). The number of nitrogens with zero attached hydrogens (tertiary/aromatic N) is 1. The van der Waals surface area contributed by atoms with Crippen LogP contribution in [0.1, 0.15) is 85.4 Å². The van der Waals surface area contributed by atoms with Crippen molar-refractivity contribution in [3.05, 3.63) is 76.3 Å². The van der Waals surface area contributed by atoms with Crippen LogP contribution >= 0.6 is 11.6 Å². The first kappa shape index (κ1) is 33.0. The molecule has 4 saturated carbocycles. The lowest BCUT2D eigenvalue weighted by molar-refractivity contribution is -0.237. The Morgan fingerprint density at radius 3 is 2.42 bits per heavy atom. The van der Waals surface area contributed by atoms with E-state index in [9.17, 15) is 29.7 Å². The number of hydrazone groups is 1. The van der Waals surface area contributed by atoms with E-state index in [1.807, 2.05) is 0 Å². The highest BCUT2D eigenvalue weighted by atomic mass is 35.5. The number of para-hydroxylation sites is 1. The van der Waals surface area contributed by atoms with Gasteiger partial charge in [0.05, 0.1) is 39.1 Å². The molecule has 2 aromatic rings. The molecule has 8 unspecified atom stereocenters. The van der Waals surface area contributed by atoms with Gasteiger partial charge >= 0.3 is 5.97 Å². The highest BCUT2D eigenvalue weighted by Crippen LogP contribution is 2.70. The van der Waals surface area contributed by atoms with E-state index in [0.29, 0.717) is 38.5 Å². The van der Waals surface area contributed by atoms with Crippen LogP contribution in [0.15, 0.2) is 65.3 Å². The molecule has 2 aromatic carbocycles. The molecule has 0 radical (unpaired) electrons. The number of esters is 1. The molecule has 2 amide bonds. The minimum atomic E-state index is -1.27. The first-order valence-corrected chi connectivity index (χ1v) is 17.3. The maximum absolute atomic E-state index is 13.5. The number of carbonyl (C=O) groups is 3. The number of nitrogens with one attached hydrogen (secondary N) is 2. The number of cyclic esters (lactones) is 1. The van der Waals surface area contributed by atoms with Crippen molar-refractivity contribution in [3.63, 3.8) is 0 Å². The fraction of sp³-hybridized carbons (Fsp3) is 0.514. The molecule has 5 N–H and O–H groups in total. The van der Waals surface area contributed by atoms with Crippen LogP contribution in [0.2, 0.25) is 5.02 Å². The molecule has 254 valence electrons. The first-order valence-electron chi connectivity index (χ1n) is 16.9. The molecule has 48 heavy (non-hydrogen) atoms. The van der Waals surface area contributed by atoms with Crippen molar-refractivity contribution in [2.45, 2.75) is 82.0 Å². The van der Waals surface area contributed by atoms with Crippen molar-refractivity contribution in [1.29, 1.82) is 0 Å². The van der Waals surface area contributed by atoms with Crippen LogP contribution in [0, 0.1) is 28.6 Å². The minimum Gasteiger partial charge on any atom is -0.458 e. The van der Waals surface area contributed by atoms with Gasteiger partial charge in [-0.05, 0) is 99.0 Å². The molecule has 0 aromatic heterocycles. The summed E-state index contributed by atoms with van der Waals surface area (Å²) in [5, 5.41) is 43.1. The summed E-state index contributed by atoms with van der Waals surface area (Å²) in [5.74, 6) is -1.57. The zero-order valence-corrected chi connectivity index (χ0v) is 27.7. The molecular weight excluding hydrogens is 634 g/mol. The smallest absolute Gasteiger partial charge is 0.331 e. The van der Waals surface area contributed by atoms with Crippen LogP contribution in [0.3, 0.4) is 0 Å². The van der Waals surface area contributed by atoms with Crippen molar-refractivity contribution in [1.82, 2.24) is 5.43 Å². The summed E-state index contributed by atoms with van der Waals surface area (Å²) in [6.07, 6.45) is 7.46. The predicted molar refractivity (Wildman–Crippen MR) is 179 cm³/mol. The third-order valence-electron chi connectivity index (χ3n) is 12.6. The van der Waals surface area contributed by atoms with Crippen LogP contribution < -0.4 is 10.7 Å². The van der Waals surface area contributed by atoms with Gasteiger partial charge in [-0.25, -0.2) is 10.2 Å². The summed E-state index contributed by atoms with van der Waals surface area (Å²) in [5.41, 5.74) is 0.724. The second-order valence-corrected chi connectivity index (χ2v) is 15.1. The summed E-state index contributed by atoms with van der Waals surface area (Å²) < 4.78 is 5.25. The van der Waals surface area contributed by atoms with E-state index in [0.717, 1.165) is 18.4 Å². The molecule has 11 heteroatoms. The maximum Gasteiger partial charge on any atom is 0.331 e. The number of carbonyl (C=O) groups excluding carboxylic acids is 3. The Kier molecular flexibility index (Phi) is 8.30. The number of ether oxygens (including phenoxy) is 1. The third kappa shape index (κ3) is 5.11. The zero-order chi connectivity index (χ0) is 33.9. The second kappa shape index (κ2) is 12.1. The average molecular weight is 676 g/mol. The molecule has 0 bridgehead atoms. The molecule has 1 heterocycles. The molecule has 0 spiro atoms. The number of hydrogen-bond donors (Lipinski definition) is 5. The second-order valence-electron chi connectivity index (χ2n) is 14.7. The number of rotatable bonds is 6. The van der Waals surface area contributed by atoms with Gasteiger partial charge in [0, 0.05) is 29.5 Å². The van der Waals surface area contributed by atoms with Crippen LogP contribution in [0.4, 0.5) is 5.69 Å². The van der Waals surface area contributed by atoms with Gasteiger partial charge in [0.1, 0.15) is 6.61 Å². The zero-order valence-electron chi connectivity index (χ0n) is 27.0. The van der Waals surface area contributed by atoms with E-state index in [-0.39, 0.29) is 58.6 Å². The molecule has 7 rings (SSSR count). The van der Waals surface area contributed by atoms with Crippen LogP contribution in [0.5, 0.6) is 0 Å². The highest BCUT2D eigenvalue weighted by Gasteiger charge is 2.71. The van der Waals surface area contributed by atoms with Gasteiger partial charge in [0.25, 0.3) is 11.8 Å². The summed E-state index contributed by atoms with van der Waals surface area (Å²) in [6, 6.07) is 13.2. The minimum absolute atomic E-state index is 0.0336. The van der Waals surface area contributed by atoms with E-state index in [4.69, 9.17) is 16.3 Å². The Labute approximate surface area is 284 Å². The van der Waals surface area contributed by atoms with Gasteiger partial charge in [-0.2, -0.15) is 5.10 Å². The largest absolute Gasteiger partial charge is 0.458 e. The number of aliphatic hydroxyl groups excluding tert-OH is 1. The molecule has 8 atom stereocenters. The van der Waals surface area contributed by atoms with Crippen LogP contribution in [0.25, 0.3) is 0 Å². The average Bonchev–Trinajstić information content (AvgIpc) is 3.60. The normalized spacial score (nSPS) is 37.2. The van der Waals surface area contributed by atoms with Crippen molar-refractivity contribution < 1.29 is 34.4 Å². The highest BCUT2D eigenvalue weighted by molar-refractivity contribution is 6.34. The fourth-order valence-electron chi connectivity index (χ4n) is 10.3. The van der Waals surface area contributed by atoms with E-state index >= 15 is 0 Å². The van der Waals surface area contributed by atoms with E-state index in [1.165, 1.54) is 0 Å². The van der Waals surface area contributed by atoms with Crippen LogP contribution in [-0.4, -0.2) is 63.2 Å². The molecule has 4 aliphatic carbocycles. The number of benzene rings is 2. The topological polar surface area (TPSA) is 158 Å². The van der Waals surface area contributed by atoms with Gasteiger partial charge in [0.15, 0.2) is 0 Å². The summed E-state index contributed by atoms with van der Waals surface area (Å²) in [4.78, 5) is 38.4. The summed E-state index contributed by atoms with van der Waals surface area (Å²) in [6.45, 7) is 2.41. The van der Waals surface area contributed by atoms with Gasteiger partial charge < -0.3 is 25.4 Å². The van der Waals surface area contributed by atoms with Gasteiger partial charge in [-0.3, -0.25) is 9.59 Å². The van der Waals surface area contributed by atoms with Gasteiger partial charge in [-0.15, -0.1) is 0 Å². The molecule has 5 aliphatic rings. The monoisotopic (exact) mass is 675 g/mol. The summed E-state index contributed by atoms with van der Waals surface area (Å²) in [7, 11) is 0. The Morgan fingerprint density at radius 1 is 0.938 bits per heavy atom. The lowest BCUT2D eigenvalue weighted by Crippen LogP contribution is -2.68. The number of hydrogen-bond acceptors (Lipinski definition) is 8. The van der Waals surface area contributed by atoms with Gasteiger partial charge in [-0.1, -0.05) is 42.8 Å². The Bertz CT molecular complexity index is 1710. The SMILES string of the molecule is CC12CCC3C(CCC4(O)CC(O)CCC34C=NNC(=O)c3ccccc3NC(=O)c3ccccc3Cl)C1(O)CCC2C1=CC(=O)OC1. The maximum atomic E-state index is 13.5. The summed E-state index contributed by atoms with van der Waals surface area (Å²) >= 11 is 6.21. The number of amides is 2. The Balaban J connectivity index is 1.15. The third-order valence-corrected chi connectivity index (χ3v) is 13.0.